The molecule has 2 aromatic rings. The number of phenolic OH excluding ortho intramolecular Hbond substituents is 1. The van der Waals surface area contributed by atoms with Crippen molar-refractivity contribution in [3.05, 3.63) is 36.0 Å². The Labute approximate surface area is 104 Å². The lowest BCUT2D eigenvalue weighted by molar-refractivity contribution is 0.0994. The summed E-state index contributed by atoms with van der Waals surface area (Å²) in [6.45, 7) is 0. The van der Waals surface area contributed by atoms with Crippen LogP contribution in [0.2, 0.25) is 0 Å². The Morgan fingerprint density at radius 3 is 2.50 bits per heavy atom. The lowest BCUT2D eigenvalue weighted by Crippen LogP contribution is -2.26. The number of amides is 1. The molecule has 0 spiro atoms. The number of nitrogen functional groups attached to an aromatic ring is 1. The third-order valence-corrected chi connectivity index (χ3v) is 2.76. The van der Waals surface area contributed by atoms with Gasteiger partial charge in [0.15, 0.2) is 0 Å². The van der Waals surface area contributed by atoms with E-state index in [-0.39, 0.29) is 11.7 Å². The molecule has 0 saturated carbocycles. The molecule has 1 aromatic heterocycles. The third kappa shape index (κ3) is 2.00. The maximum Gasteiger partial charge on any atom is 0.263 e. The van der Waals surface area contributed by atoms with Gasteiger partial charge in [0.1, 0.15) is 17.1 Å². The van der Waals surface area contributed by atoms with Crippen molar-refractivity contribution >= 4 is 17.4 Å². The number of aromatic hydroxyl groups is 1. The second-order valence-electron chi connectivity index (χ2n) is 3.95. The van der Waals surface area contributed by atoms with Crippen molar-refractivity contribution in [1.82, 2.24) is 9.78 Å². The summed E-state index contributed by atoms with van der Waals surface area (Å²) in [5.74, 6) is 0.234. The topological polar surface area (TPSA) is 84.4 Å². The Balaban J connectivity index is 2.29. The molecule has 0 bridgehead atoms. The summed E-state index contributed by atoms with van der Waals surface area (Å²) in [6.07, 6.45) is 1.44. The summed E-state index contributed by atoms with van der Waals surface area (Å²) in [4.78, 5) is 13.6. The molecule has 0 radical (unpaired) electrons. The number of rotatable bonds is 2. The molecule has 1 heterocycles. The molecular formula is C12H14N4O2. The molecule has 0 saturated heterocycles. The summed E-state index contributed by atoms with van der Waals surface area (Å²) in [5, 5.41) is 13.1. The van der Waals surface area contributed by atoms with E-state index < -0.39 is 0 Å². The van der Waals surface area contributed by atoms with Crippen molar-refractivity contribution in [3.8, 4) is 5.75 Å². The van der Waals surface area contributed by atoms with Gasteiger partial charge in [-0.15, -0.1) is 0 Å². The fraction of sp³-hybridized carbons (Fsp3) is 0.167. The lowest BCUT2D eigenvalue weighted by Gasteiger charge is -2.16. The second-order valence-corrected chi connectivity index (χ2v) is 3.95. The van der Waals surface area contributed by atoms with Crippen LogP contribution in [-0.4, -0.2) is 27.8 Å². The molecule has 0 unspecified atom stereocenters. The number of phenols is 1. The summed E-state index contributed by atoms with van der Waals surface area (Å²) in [7, 11) is 3.31. The molecule has 2 rings (SSSR count). The van der Waals surface area contributed by atoms with Gasteiger partial charge < -0.3 is 15.7 Å². The number of anilines is 2. The summed E-state index contributed by atoms with van der Waals surface area (Å²) >= 11 is 0. The molecule has 0 aliphatic heterocycles. The van der Waals surface area contributed by atoms with Gasteiger partial charge in [-0.2, -0.15) is 5.10 Å². The first-order valence-corrected chi connectivity index (χ1v) is 5.35. The number of carbonyl (C=O) groups is 1. The monoisotopic (exact) mass is 246 g/mol. The number of nitrogens with two attached hydrogens (primary N) is 1. The van der Waals surface area contributed by atoms with Crippen LogP contribution in [0.3, 0.4) is 0 Å². The molecule has 6 nitrogen and oxygen atoms in total. The minimum Gasteiger partial charge on any atom is -0.508 e. The van der Waals surface area contributed by atoms with Crippen LogP contribution in [0.5, 0.6) is 5.75 Å². The first-order valence-electron chi connectivity index (χ1n) is 5.35. The van der Waals surface area contributed by atoms with Gasteiger partial charge in [-0.1, -0.05) is 0 Å². The summed E-state index contributed by atoms with van der Waals surface area (Å²) in [6, 6.07) is 6.34. The van der Waals surface area contributed by atoms with Gasteiger partial charge in [-0.3, -0.25) is 9.48 Å². The van der Waals surface area contributed by atoms with Crippen LogP contribution in [-0.2, 0) is 7.05 Å². The highest BCUT2D eigenvalue weighted by Crippen LogP contribution is 2.20. The van der Waals surface area contributed by atoms with Crippen LogP contribution in [0.1, 0.15) is 10.4 Å². The van der Waals surface area contributed by atoms with Gasteiger partial charge in [0, 0.05) is 19.8 Å². The Hall–Kier alpha value is -2.50. The van der Waals surface area contributed by atoms with Gasteiger partial charge in [0.25, 0.3) is 5.91 Å². The van der Waals surface area contributed by atoms with Gasteiger partial charge in [0.05, 0.1) is 6.20 Å². The first-order chi connectivity index (χ1) is 8.50. The van der Waals surface area contributed by atoms with E-state index in [4.69, 9.17) is 5.73 Å². The van der Waals surface area contributed by atoms with E-state index in [1.807, 2.05) is 0 Å². The van der Waals surface area contributed by atoms with Crippen molar-refractivity contribution in [2.45, 2.75) is 0 Å². The van der Waals surface area contributed by atoms with Crippen molar-refractivity contribution < 1.29 is 9.90 Å². The molecule has 1 aromatic carbocycles. The minimum atomic E-state index is -0.244. The molecule has 0 aliphatic carbocycles. The standard InChI is InChI=1S/C12H14N4O2/c1-15(8-3-5-9(17)6-4-8)12(18)10-7-14-16(2)11(10)13/h3-7,17H,13H2,1-2H3. The van der Waals surface area contributed by atoms with Crippen LogP contribution in [0, 0.1) is 0 Å². The zero-order valence-corrected chi connectivity index (χ0v) is 10.2. The molecule has 6 heteroatoms. The Morgan fingerprint density at radius 1 is 1.39 bits per heavy atom. The summed E-state index contributed by atoms with van der Waals surface area (Å²) in [5.41, 5.74) is 6.78. The highest BCUT2D eigenvalue weighted by molar-refractivity contribution is 6.08. The molecule has 0 atom stereocenters. The van der Waals surface area contributed by atoms with E-state index in [0.29, 0.717) is 17.1 Å². The van der Waals surface area contributed by atoms with E-state index in [1.54, 1.807) is 26.2 Å². The van der Waals surface area contributed by atoms with Crippen LogP contribution in [0.25, 0.3) is 0 Å². The average molecular weight is 246 g/mol. The van der Waals surface area contributed by atoms with E-state index in [1.165, 1.54) is 27.9 Å². The lowest BCUT2D eigenvalue weighted by atomic mass is 10.2. The van der Waals surface area contributed by atoms with Crippen LogP contribution in [0.15, 0.2) is 30.5 Å². The normalized spacial score (nSPS) is 10.3. The number of hydrogen-bond donors (Lipinski definition) is 2. The first kappa shape index (κ1) is 12.0. The maximum atomic E-state index is 12.2. The predicted octanol–water partition coefficient (Wildman–Crippen LogP) is 0.984. The SMILES string of the molecule is CN(C(=O)c1cnn(C)c1N)c1ccc(O)cc1. The average Bonchev–Trinajstić information content (AvgIpc) is 2.69. The van der Waals surface area contributed by atoms with Gasteiger partial charge >= 0.3 is 0 Å². The number of carbonyl (C=O) groups excluding carboxylic acids is 1. The maximum absolute atomic E-state index is 12.2. The zero-order chi connectivity index (χ0) is 13.3. The quantitative estimate of drug-likeness (QED) is 0.827. The van der Waals surface area contributed by atoms with Gasteiger partial charge in [-0.25, -0.2) is 0 Å². The smallest absolute Gasteiger partial charge is 0.263 e. The summed E-state index contributed by atoms with van der Waals surface area (Å²) < 4.78 is 1.44. The molecule has 0 fully saturated rings. The molecule has 3 N–H and O–H groups in total. The fourth-order valence-electron chi connectivity index (χ4n) is 1.59. The Morgan fingerprint density at radius 2 is 2.00 bits per heavy atom. The van der Waals surface area contributed by atoms with Crippen LogP contribution in [0.4, 0.5) is 11.5 Å². The van der Waals surface area contributed by atoms with Gasteiger partial charge in [-0.05, 0) is 24.3 Å². The van der Waals surface area contributed by atoms with Crippen LogP contribution < -0.4 is 10.6 Å². The highest BCUT2D eigenvalue weighted by Gasteiger charge is 2.18. The van der Waals surface area contributed by atoms with E-state index in [9.17, 15) is 9.90 Å². The third-order valence-electron chi connectivity index (χ3n) is 2.76. The van der Waals surface area contributed by atoms with Crippen LogP contribution >= 0.6 is 0 Å². The number of hydrogen-bond acceptors (Lipinski definition) is 4. The number of aromatic nitrogens is 2. The zero-order valence-electron chi connectivity index (χ0n) is 10.2. The second kappa shape index (κ2) is 4.40. The van der Waals surface area contributed by atoms with Crippen molar-refractivity contribution in [1.29, 1.82) is 0 Å². The molecule has 18 heavy (non-hydrogen) atoms. The molecular weight excluding hydrogens is 232 g/mol. The minimum absolute atomic E-state index is 0.153. The number of nitrogens with zero attached hydrogens (tertiary/aromatic N) is 3. The fourth-order valence-corrected chi connectivity index (χ4v) is 1.59. The predicted molar refractivity (Wildman–Crippen MR) is 68.5 cm³/mol. The largest absolute Gasteiger partial charge is 0.508 e. The van der Waals surface area contributed by atoms with E-state index in [2.05, 4.69) is 5.10 Å². The molecule has 0 aliphatic rings. The van der Waals surface area contributed by atoms with E-state index in [0.717, 1.165) is 0 Å². The van der Waals surface area contributed by atoms with Crippen molar-refractivity contribution in [2.75, 3.05) is 17.7 Å². The number of benzene rings is 1. The Kier molecular flexibility index (Phi) is 2.93. The highest BCUT2D eigenvalue weighted by atomic mass is 16.3. The van der Waals surface area contributed by atoms with Crippen molar-refractivity contribution in [3.63, 3.8) is 0 Å². The Bertz CT molecular complexity index is 574. The van der Waals surface area contributed by atoms with E-state index >= 15 is 0 Å². The molecule has 94 valence electrons. The van der Waals surface area contributed by atoms with Crippen molar-refractivity contribution in [2.24, 2.45) is 7.05 Å². The number of aryl methyl sites for hydroxylation is 1. The molecule has 1 amide bonds. The van der Waals surface area contributed by atoms with Gasteiger partial charge in [0.2, 0.25) is 0 Å².